The Hall–Kier alpha value is -2.81. The maximum atomic E-state index is 5.93. The van der Waals surface area contributed by atoms with Crippen molar-refractivity contribution in [2.24, 2.45) is 0 Å². The number of fused-ring (bicyclic) bond motifs is 1. The molecule has 3 nitrogen and oxygen atoms in total. The number of unbranched alkanes of at least 4 members (excludes halogenated alkanes) is 1. The molecule has 0 saturated carbocycles. The zero-order valence-electron chi connectivity index (χ0n) is 14.7. The molecular weight excluding hydrogens is 310 g/mol. The summed E-state index contributed by atoms with van der Waals surface area (Å²) in [6, 6.07) is 18.3. The van der Waals surface area contributed by atoms with Crippen LogP contribution >= 0.6 is 0 Å². The molecule has 3 heteroatoms. The molecule has 0 spiro atoms. The lowest BCUT2D eigenvalue weighted by molar-refractivity contribution is 0.312. The maximum Gasteiger partial charge on any atom is 0.213 e. The predicted octanol–water partition coefficient (Wildman–Crippen LogP) is 5.59. The third-order valence-electron chi connectivity index (χ3n) is 4.05. The van der Waals surface area contributed by atoms with Gasteiger partial charge in [0.15, 0.2) is 0 Å². The lowest BCUT2D eigenvalue weighted by Crippen LogP contribution is -1.99. The van der Waals surface area contributed by atoms with E-state index in [2.05, 4.69) is 42.3 Å². The number of ether oxygens (including phenoxy) is 2. The van der Waals surface area contributed by atoms with Crippen LogP contribution in [0.5, 0.6) is 11.6 Å². The van der Waals surface area contributed by atoms with Gasteiger partial charge in [0.1, 0.15) is 11.3 Å². The average molecular weight is 333 g/mol. The molecule has 0 bridgehead atoms. The molecule has 0 amide bonds. The van der Waals surface area contributed by atoms with Crippen LogP contribution in [-0.2, 0) is 0 Å². The lowest BCUT2D eigenvalue weighted by Gasteiger charge is -2.11. The smallest absolute Gasteiger partial charge is 0.213 e. The van der Waals surface area contributed by atoms with E-state index in [9.17, 15) is 0 Å². The summed E-state index contributed by atoms with van der Waals surface area (Å²) >= 11 is 0. The third kappa shape index (κ3) is 4.18. The molecule has 0 aliphatic carbocycles. The molecule has 3 aromatic rings. The van der Waals surface area contributed by atoms with Gasteiger partial charge in [-0.05, 0) is 29.7 Å². The molecule has 25 heavy (non-hydrogen) atoms. The zero-order chi connectivity index (χ0) is 17.5. The van der Waals surface area contributed by atoms with Crippen molar-refractivity contribution in [3.63, 3.8) is 0 Å². The van der Waals surface area contributed by atoms with Gasteiger partial charge < -0.3 is 9.47 Å². The highest BCUT2D eigenvalue weighted by molar-refractivity contribution is 5.94. The molecular formula is C22H23NO2. The molecule has 3 rings (SSSR count). The Labute approximate surface area is 148 Å². The van der Waals surface area contributed by atoms with Crippen molar-refractivity contribution in [1.29, 1.82) is 0 Å². The highest BCUT2D eigenvalue weighted by Crippen LogP contribution is 2.30. The van der Waals surface area contributed by atoms with E-state index in [1.54, 1.807) is 7.11 Å². The minimum atomic E-state index is 0.594. The van der Waals surface area contributed by atoms with Gasteiger partial charge in [-0.3, -0.25) is 0 Å². The zero-order valence-corrected chi connectivity index (χ0v) is 14.7. The monoisotopic (exact) mass is 333 g/mol. The molecule has 1 aromatic heterocycles. The Morgan fingerprint density at radius 1 is 0.960 bits per heavy atom. The Morgan fingerprint density at radius 2 is 1.80 bits per heavy atom. The van der Waals surface area contributed by atoms with Crippen molar-refractivity contribution >= 4 is 23.1 Å². The molecule has 0 unspecified atom stereocenters. The third-order valence-corrected chi connectivity index (χ3v) is 4.05. The number of nitrogens with zero attached hydrogens (tertiary/aromatic N) is 1. The molecule has 0 saturated heterocycles. The fourth-order valence-corrected chi connectivity index (χ4v) is 2.65. The van der Waals surface area contributed by atoms with Gasteiger partial charge in [0, 0.05) is 11.5 Å². The molecule has 0 aliphatic heterocycles. The summed E-state index contributed by atoms with van der Waals surface area (Å²) in [6.07, 6.45) is 6.35. The van der Waals surface area contributed by atoms with E-state index in [0.717, 1.165) is 35.1 Å². The molecule has 0 fully saturated rings. The van der Waals surface area contributed by atoms with E-state index in [1.807, 2.05) is 36.4 Å². The first kappa shape index (κ1) is 17.0. The highest BCUT2D eigenvalue weighted by atomic mass is 16.5. The summed E-state index contributed by atoms with van der Waals surface area (Å²) in [4.78, 5) is 4.61. The predicted molar refractivity (Wildman–Crippen MR) is 104 cm³/mol. The van der Waals surface area contributed by atoms with Gasteiger partial charge in [0.2, 0.25) is 5.88 Å². The van der Waals surface area contributed by atoms with Crippen LogP contribution in [0, 0.1) is 0 Å². The van der Waals surface area contributed by atoms with E-state index >= 15 is 0 Å². The van der Waals surface area contributed by atoms with Crippen LogP contribution in [0.2, 0.25) is 0 Å². The molecule has 0 aliphatic rings. The van der Waals surface area contributed by atoms with E-state index in [0.29, 0.717) is 12.5 Å². The number of aromatic nitrogens is 1. The van der Waals surface area contributed by atoms with E-state index in [-0.39, 0.29) is 0 Å². The lowest BCUT2D eigenvalue weighted by atomic mass is 10.1. The number of benzene rings is 2. The fourth-order valence-electron chi connectivity index (χ4n) is 2.65. The number of hydrogen-bond donors (Lipinski definition) is 0. The van der Waals surface area contributed by atoms with Crippen LogP contribution in [-0.4, -0.2) is 18.7 Å². The fraction of sp³-hybridized carbons (Fsp3) is 0.227. The Kier molecular flexibility index (Phi) is 5.68. The van der Waals surface area contributed by atoms with Crippen LogP contribution in [0.1, 0.15) is 30.9 Å². The summed E-state index contributed by atoms with van der Waals surface area (Å²) in [7, 11) is 1.63. The maximum absolute atomic E-state index is 5.93. The highest BCUT2D eigenvalue weighted by Gasteiger charge is 2.09. The summed E-state index contributed by atoms with van der Waals surface area (Å²) < 4.78 is 11.2. The molecule has 1 heterocycles. The van der Waals surface area contributed by atoms with Crippen molar-refractivity contribution in [2.75, 3.05) is 13.7 Å². The van der Waals surface area contributed by atoms with Crippen LogP contribution in [0.25, 0.3) is 23.1 Å². The summed E-state index contributed by atoms with van der Waals surface area (Å²) in [5, 5.41) is 1.06. The standard InChI is InChI=1S/C22H23NO2/c1-3-4-16-25-20-14-12-18(11-10-17-8-6-5-7-9-17)19-13-15-21(24-2)23-22(19)20/h5-15H,3-4,16H2,1-2H3/b11-10+. The van der Waals surface area contributed by atoms with Crippen molar-refractivity contribution in [3.05, 3.63) is 65.7 Å². The van der Waals surface area contributed by atoms with Gasteiger partial charge in [-0.25, -0.2) is 4.98 Å². The number of hydrogen-bond acceptors (Lipinski definition) is 3. The quantitative estimate of drug-likeness (QED) is 0.417. The van der Waals surface area contributed by atoms with Crippen LogP contribution in [0.3, 0.4) is 0 Å². The van der Waals surface area contributed by atoms with Crippen molar-refractivity contribution in [2.45, 2.75) is 19.8 Å². The van der Waals surface area contributed by atoms with Gasteiger partial charge >= 0.3 is 0 Å². The Balaban J connectivity index is 1.99. The van der Waals surface area contributed by atoms with Crippen LogP contribution < -0.4 is 9.47 Å². The summed E-state index contributed by atoms with van der Waals surface area (Å²) in [5.41, 5.74) is 3.11. The number of pyridine rings is 1. The first-order valence-corrected chi connectivity index (χ1v) is 8.65. The second kappa shape index (κ2) is 8.34. The van der Waals surface area contributed by atoms with Gasteiger partial charge in [-0.2, -0.15) is 0 Å². The average Bonchev–Trinajstić information content (AvgIpc) is 2.67. The largest absolute Gasteiger partial charge is 0.491 e. The first-order chi connectivity index (χ1) is 12.3. The van der Waals surface area contributed by atoms with E-state index in [1.165, 1.54) is 5.56 Å². The van der Waals surface area contributed by atoms with Gasteiger partial charge in [-0.1, -0.05) is 61.9 Å². The number of methoxy groups -OCH3 is 1. The minimum Gasteiger partial charge on any atom is -0.491 e. The van der Waals surface area contributed by atoms with Crippen LogP contribution in [0.4, 0.5) is 0 Å². The van der Waals surface area contributed by atoms with Crippen molar-refractivity contribution in [3.8, 4) is 11.6 Å². The minimum absolute atomic E-state index is 0.594. The van der Waals surface area contributed by atoms with Crippen LogP contribution in [0.15, 0.2) is 54.6 Å². The van der Waals surface area contributed by atoms with Crippen molar-refractivity contribution in [1.82, 2.24) is 4.98 Å². The normalized spacial score (nSPS) is 11.1. The Bertz CT molecular complexity index is 857. The SMILES string of the molecule is CCCCOc1ccc(/C=C/c2ccccc2)c2ccc(OC)nc12. The summed E-state index contributed by atoms with van der Waals surface area (Å²) in [5.74, 6) is 1.40. The van der Waals surface area contributed by atoms with Gasteiger partial charge in [-0.15, -0.1) is 0 Å². The molecule has 0 radical (unpaired) electrons. The van der Waals surface area contributed by atoms with Gasteiger partial charge in [0.05, 0.1) is 13.7 Å². The van der Waals surface area contributed by atoms with Crippen molar-refractivity contribution < 1.29 is 9.47 Å². The molecule has 128 valence electrons. The summed E-state index contributed by atoms with van der Waals surface area (Å²) in [6.45, 7) is 2.85. The molecule has 0 N–H and O–H groups in total. The van der Waals surface area contributed by atoms with E-state index in [4.69, 9.17) is 9.47 Å². The molecule has 2 aromatic carbocycles. The second-order valence-corrected chi connectivity index (χ2v) is 5.85. The van der Waals surface area contributed by atoms with Gasteiger partial charge in [0.25, 0.3) is 0 Å². The number of rotatable bonds is 7. The Morgan fingerprint density at radius 3 is 2.56 bits per heavy atom. The van der Waals surface area contributed by atoms with E-state index < -0.39 is 0 Å². The molecule has 0 atom stereocenters. The second-order valence-electron chi connectivity index (χ2n) is 5.85. The topological polar surface area (TPSA) is 31.4 Å². The first-order valence-electron chi connectivity index (χ1n) is 8.65.